The lowest BCUT2D eigenvalue weighted by Crippen LogP contribution is -2.27. The molecule has 0 saturated carbocycles. The van der Waals surface area contributed by atoms with Crippen LogP contribution in [0.15, 0.2) is 54.7 Å². The molecule has 0 saturated heterocycles. The highest BCUT2D eigenvalue weighted by molar-refractivity contribution is 6.12. The maximum atomic E-state index is 14.0. The van der Waals surface area contributed by atoms with Crippen LogP contribution in [0.5, 0.6) is 5.75 Å². The average Bonchev–Trinajstić information content (AvgIpc) is 4.09. The van der Waals surface area contributed by atoms with E-state index in [1.807, 2.05) is 59.7 Å². The lowest BCUT2D eigenvalue weighted by atomic mass is 10.1. The zero-order chi connectivity index (χ0) is 50.1. The molecule has 21 nitrogen and oxygen atoms in total. The van der Waals surface area contributed by atoms with Gasteiger partial charge in [0.25, 0.3) is 0 Å². The quantitative estimate of drug-likeness (QED) is 0.0321. The van der Waals surface area contributed by atoms with Gasteiger partial charge in [0, 0.05) is 99.4 Å². The second-order valence-electron chi connectivity index (χ2n) is 16.7. The Bertz CT molecular complexity index is 3120. The van der Waals surface area contributed by atoms with Crippen LogP contribution in [0, 0.1) is 13.8 Å². The number of benzene rings is 2. The zero-order valence-electron chi connectivity index (χ0n) is 40.0. The molecule has 3 amide bonds. The third-order valence-electron chi connectivity index (χ3n) is 11.6. The highest BCUT2D eigenvalue weighted by Crippen LogP contribution is 2.37. The van der Waals surface area contributed by atoms with Crippen LogP contribution in [0.2, 0.25) is 0 Å². The second kappa shape index (κ2) is 22.6. The van der Waals surface area contributed by atoms with E-state index in [1.54, 1.807) is 48.3 Å². The Balaban J connectivity index is 1.28. The summed E-state index contributed by atoms with van der Waals surface area (Å²) < 4.78 is 25.0. The number of ether oxygens (including phenoxy) is 3. The molecule has 5 aromatic heterocycles. The molecule has 0 bridgehead atoms. The smallest absolute Gasteiger partial charge is 0.303 e. The Hall–Kier alpha value is -7.78. The van der Waals surface area contributed by atoms with Crippen molar-refractivity contribution in [2.75, 3.05) is 33.5 Å². The summed E-state index contributed by atoms with van der Waals surface area (Å²) in [7, 11) is 1.61. The molecular weight excluding hydrogens is 901 g/mol. The number of carbonyl (C=O) groups excluding carboxylic acids is 4. The van der Waals surface area contributed by atoms with Crippen LogP contribution in [0.3, 0.4) is 0 Å². The van der Waals surface area contributed by atoms with Gasteiger partial charge in [0.2, 0.25) is 17.7 Å². The predicted octanol–water partition coefficient (Wildman–Crippen LogP) is 4.83. The third-order valence-corrected chi connectivity index (χ3v) is 11.6. The fourth-order valence-electron chi connectivity index (χ4n) is 8.40. The number of carbonyl (C=O) groups is 5. The van der Waals surface area contributed by atoms with Crippen molar-refractivity contribution in [3.63, 3.8) is 0 Å². The molecule has 7 rings (SSSR count). The number of allylic oxidation sites excluding steroid dienone is 2. The molecule has 6 N–H and O–H groups in total. The molecule has 2 aromatic carbocycles. The van der Waals surface area contributed by atoms with E-state index in [-0.39, 0.29) is 81.3 Å². The Labute approximate surface area is 402 Å². The van der Waals surface area contributed by atoms with Gasteiger partial charge in [0.15, 0.2) is 11.6 Å². The maximum Gasteiger partial charge on any atom is 0.303 e. The third kappa shape index (κ3) is 11.4. The van der Waals surface area contributed by atoms with Crippen LogP contribution < -0.4 is 21.5 Å². The fourth-order valence-corrected chi connectivity index (χ4v) is 8.40. The Morgan fingerprint density at radius 3 is 2.21 bits per heavy atom. The lowest BCUT2D eigenvalue weighted by Gasteiger charge is -2.13. The number of imidazole rings is 1. The number of carboxylic acid groups (broad SMARTS) is 1. The van der Waals surface area contributed by atoms with E-state index in [9.17, 15) is 24.0 Å². The number of ketones is 1. The van der Waals surface area contributed by atoms with Gasteiger partial charge < -0.3 is 45.2 Å². The van der Waals surface area contributed by atoms with Crippen LogP contribution in [0.4, 0.5) is 0 Å². The summed E-state index contributed by atoms with van der Waals surface area (Å²) in [6.07, 6.45) is 6.29. The topological polar surface area (TPSA) is 282 Å². The minimum atomic E-state index is -0.972. The number of amides is 3. The molecule has 0 radical (unpaired) electrons. The number of aryl methyl sites for hydroxylation is 4. The number of hydrogen-bond donors (Lipinski definition) is 4. The molecule has 368 valence electrons. The standard InChI is InChI=1S/C49H58N12O9/c1-6-60-37(20-29(3)56-60)39(62)26-41-54-36-24-31(46(50)66)22-33(28-69-19-14-52-42(63)12-10-13-43(64)65)44(36)58(41)15-8-9-16-59-45-34(23-32(47(51)67)25-40(45)70-18-11-17-68-5)35-27-53-48(55-49(35)59)38-21-30(4)57-61(38)7-2/h8-9,20-25,27H,6-7,10-19,26,28H2,1-5H3,(H2,50,66)(H2,51,67)(H,52,63)(H,64,65)/b9-8+. The summed E-state index contributed by atoms with van der Waals surface area (Å²) >= 11 is 0. The summed E-state index contributed by atoms with van der Waals surface area (Å²) in [5, 5.41) is 22.1. The first kappa shape index (κ1) is 50.1. The normalized spacial score (nSPS) is 11.7. The minimum absolute atomic E-state index is 0.00259. The molecule has 0 spiro atoms. The van der Waals surface area contributed by atoms with E-state index in [1.165, 1.54) is 0 Å². The molecular formula is C49H58N12O9. The number of nitrogens with zero attached hydrogens (tertiary/aromatic N) is 9. The number of nitrogens with two attached hydrogens (primary N) is 2. The molecule has 0 atom stereocenters. The first-order valence-corrected chi connectivity index (χ1v) is 23.1. The Morgan fingerprint density at radius 1 is 0.786 bits per heavy atom. The van der Waals surface area contributed by atoms with Gasteiger partial charge in [-0.3, -0.25) is 33.3 Å². The zero-order valence-corrected chi connectivity index (χ0v) is 40.0. The molecule has 5 heterocycles. The number of rotatable bonds is 26. The van der Waals surface area contributed by atoms with Crippen LogP contribution in [-0.4, -0.2) is 112 Å². The Kier molecular flexibility index (Phi) is 16.1. The number of methoxy groups -OCH3 is 1. The minimum Gasteiger partial charge on any atom is -0.491 e. The van der Waals surface area contributed by atoms with Gasteiger partial charge in [-0.05, 0) is 70.5 Å². The van der Waals surface area contributed by atoms with E-state index < -0.39 is 17.8 Å². The molecule has 7 aromatic rings. The number of primary amides is 2. The molecule has 0 aliphatic rings. The van der Waals surface area contributed by atoms with Crippen molar-refractivity contribution in [3.05, 3.63) is 94.3 Å². The molecule has 0 unspecified atom stereocenters. The number of fused-ring (bicyclic) bond motifs is 4. The van der Waals surface area contributed by atoms with E-state index in [0.717, 1.165) is 11.4 Å². The van der Waals surface area contributed by atoms with Gasteiger partial charge >= 0.3 is 5.97 Å². The van der Waals surface area contributed by atoms with E-state index in [4.69, 9.17) is 45.7 Å². The van der Waals surface area contributed by atoms with Crippen molar-refractivity contribution < 1.29 is 43.3 Å². The summed E-state index contributed by atoms with van der Waals surface area (Å²) in [5.41, 5.74) is 17.7. The van der Waals surface area contributed by atoms with Crippen LogP contribution in [0.1, 0.15) is 93.5 Å². The van der Waals surface area contributed by atoms with E-state index >= 15 is 0 Å². The van der Waals surface area contributed by atoms with Gasteiger partial charge in [0.05, 0.1) is 54.2 Å². The summed E-state index contributed by atoms with van der Waals surface area (Å²) in [6.45, 7) is 10.2. The largest absolute Gasteiger partial charge is 0.491 e. The van der Waals surface area contributed by atoms with Gasteiger partial charge in [0.1, 0.15) is 28.6 Å². The Morgan fingerprint density at radius 2 is 1.50 bits per heavy atom. The van der Waals surface area contributed by atoms with Crippen molar-refractivity contribution in [2.24, 2.45) is 11.5 Å². The first-order chi connectivity index (χ1) is 33.7. The van der Waals surface area contributed by atoms with Crippen LogP contribution in [-0.2, 0) is 58.3 Å². The van der Waals surface area contributed by atoms with Crippen LogP contribution >= 0.6 is 0 Å². The monoisotopic (exact) mass is 958 g/mol. The maximum absolute atomic E-state index is 14.0. The van der Waals surface area contributed by atoms with Crippen molar-refractivity contribution in [1.29, 1.82) is 0 Å². The predicted molar refractivity (Wildman–Crippen MR) is 259 cm³/mol. The highest BCUT2D eigenvalue weighted by atomic mass is 16.5. The summed E-state index contributed by atoms with van der Waals surface area (Å²) in [4.78, 5) is 77.3. The second-order valence-corrected chi connectivity index (χ2v) is 16.7. The molecule has 0 aliphatic heterocycles. The van der Waals surface area contributed by atoms with Gasteiger partial charge in [-0.2, -0.15) is 10.2 Å². The number of aromatic nitrogens is 9. The molecule has 0 fully saturated rings. The van der Waals surface area contributed by atoms with Crippen molar-refractivity contribution >= 4 is 62.4 Å². The number of carboxylic acids is 1. The van der Waals surface area contributed by atoms with E-state index in [2.05, 4.69) is 15.5 Å². The first-order valence-electron chi connectivity index (χ1n) is 23.1. The summed E-state index contributed by atoms with van der Waals surface area (Å²) in [5.74, 6) is -1.46. The van der Waals surface area contributed by atoms with E-state index in [0.29, 0.717) is 100 Å². The summed E-state index contributed by atoms with van der Waals surface area (Å²) in [6, 6.07) is 10.2. The highest BCUT2D eigenvalue weighted by Gasteiger charge is 2.24. The number of aliphatic carboxylic acids is 1. The van der Waals surface area contributed by atoms with Gasteiger partial charge in [-0.25, -0.2) is 15.0 Å². The number of nitrogens with one attached hydrogen (secondary N) is 1. The lowest BCUT2D eigenvalue weighted by molar-refractivity contribution is -0.137. The van der Waals surface area contributed by atoms with Crippen LogP contribution in [0.25, 0.3) is 44.5 Å². The van der Waals surface area contributed by atoms with Gasteiger partial charge in [-0.15, -0.1) is 0 Å². The number of Topliss-reactive ketones (excluding diaryl/α,β-unsaturated/α-hetero) is 1. The fraction of sp³-hybridized carbons (Fsp3) is 0.388. The number of hydrogen-bond acceptors (Lipinski definition) is 13. The SMILES string of the molecule is CCn1nc(C)cc1C(=O)Cc1nc2cc(C(N)=O)cc(COCCNC(=O)CCCC(=O)O)c2n1C/C=C/Cn1c2nc(-c3cc(C)nn3CC)ncc2c2cc(C(N)=O)cc(OCCCOC)c21. The molecule has 21 heteroatoms. The molecule has 70 heavy (non-hydrogen) atoms. The molecule has 0 aliphatic carbocycles. The van der Waals surface area contributed by atoms with Crippen molar-refractivity contribution in [1.82, 2.24) is 49.0 Å². The van der Waals surface area contributed by atoms with Crippen molar-refractivity contribution in [3.8, 4) is 17.3 Å². The van der Waals surface area contributed by atoms with Crippen molar-refractivity contribution in [2.45, 2.75) is 92.6 Å². The average molecular weight is 959 g/mol. The van der Waals surface area contributed by atoms with Gasteiger partial charge in [-0.1, -0.05) is 12.2 Å².